The Labute approximate surface area is 110 Å². The van der Waals surface area contributed by atoms with Crippen LogP contribution in [0.15, 0.2) is 12.1 Å². The van der Waals surface area contributed by atoms with Gasteiger partial charge in [0.1, 0.15) is 0 Å². The minimum Gasteiger partial charge on any atom is -0.383 e. The van der Waals surface area contributed by atoms with Crippen molar-refractivity contribution in [3.05, 3.63) is 21.3 Å². The zero-order chi connectivity index (χ0) is 12.5. The molecule has 0 aliphatic carbocycles. The fourth-order valence-corrected chi connectivity index (χ4v) is 2.30. The van der Waals surface area contributed by atoms with Gasteiger partial charge >= 0.3 is 0 Å². The average molecular weight is 277 g/mol. The molecule has 0 aliphatic heterocycles. The predicted octanol–water partition coefficient (Wildman–Crippen LogP) is 1.64. The Morgan fingerprint density at radius 3 is 2.94 bits per heavy atom. The number of carbonyl (C=O) groups is 1. The maximum Gasteiger partial charge on any atom is 0.221 e. The molecule has 96 valence electrons. The molecule has 0 saturated heterocycles. The van der Waals surface area contributed by atoms with E-state index in [2.05, 4.69) is 10.6 Å². The van der Waals surface area contributed by atoms with Gasteiger partial charge in [-0.15, -0.1) is 11.3 Å². The first-order valence-electron chi connectivity index (χ1n) is 5.43. The van der Waals surface area contributed by atoms with Gasteiger partial charge in [-0.3, -0.25) is 4.79 Å². The Morgan fingerprint density at radius 1 is 1.47 bits per heavy atom. The lowest BCUT2D eigenvalue weighted by molar-refractivity contribution is -0.121. The number of rotatable bonds is 8. The standard InChI is InChI=1S/C11H17ClN2O2S/c1-16-7-6-14-11(15)4-5-13-8-9-2-3-10(12)17-9/h2-3,13H,4-8H2,1H3,(H,14,15). The van der Waals surface area contributed by atoms with Crippen molar-refractivity contribution < 1.29 is 9.53 Å². The number of ether oxygens (including phenoxy) is 1. The van der Waals surface area contributed by atoms with Gasteiger partial charge in [0.2, 0.25) is 5.91 Å². The predicted molar refractivity (Wildman–Crippen MR) is 70.5 cm³/mol. The monoisotopic (exact) mass is 276 g/mol. The number of thiophene rings is 1. The minimum atomic E-state index is 0.0405. The van der Waals surface area contributed by atoms with E-state index in [4.69, 9.17) is 16.3 Å². The second kappa shape index (κ2) is 8.47. The highest BCUT2D eigenvalue weighted by atomic mass is 35.5. The average Bonchev–Trinajstić information content (AvgIpc) is 2.71. The number of hydrogen-bond acceptors (Lipinski definition) is 4. The van der Waals surface area contributed by atoms with Gasteiger partial charge in [-0.1, -0.05) is 11.6 Å². The summed E-state index contributed by atoms with van der Waals surface area (Å²) in [6, 6.07) is 3.86. The van der Waals surface area contributed by atoms with E-state index in [1.165, 1.54) is 4.88 Å². The Kier molecular flexibility index (Phi) is 7.19. The normalized spacial score (nSPS) is 10.5. The van der Waals surface area contributed by atoms with Gasteiger partial charge in [0, 0.05) is 38.0 Å². The van der Waals surface area contributed by atoms with Gasteiger partial charge in [0.15, 0.2) is 0 Å². The van der Waals surface area contributed by atoms with Crippen LogP contribution in [0.25, 0.3) is 0 Å². The molecule has 0 unspecified atom stereocenters. The molecule has 4 nitrogen and oxygen atoms in total. The van der Waals surface area contributed by atoms with Gasteiger partial charge in [-0.25, -0.2) is 0 Å². The molecule has 2 N–H and O–H groups in total. The molecular weight excluding hydrogens is 260 g/mol. The summed E-state index contributed by atoms with van der Waals surface area (Å²) in [5.41, 5.74) is 0. The zero-order valence-electron chi connectivity index (χ0n) is 9.79. The van der Waals surface area contributed by atoms with E-state index < -0.39 is 0 Å². The van der Waals surface area contributed by atoms with Crippen LogP contribution in [0.3, 0.4) is 0 Å². The summed E-state index contributed by atoms with van der Waals surface area (Å²) >= 11 is 7.36. The highest BCUT2D eigenvalue weighted by Crippen LogP contribution is 2.20. The second-order valence-corrected chi connectivity index (χ2v) is 5.27. The van der Waals surface area contributed by atoms with Crippen LogP contribution in [0.2, 0.25) is 4.34 Å². The third-order valence-electron chi connectivity index (χ3n) is 2.09. The zero-order valence-corrected chi connectivity index (χ0v) is 11.4. The lowest BCUT2D eigenvalue weighted by atomic mass is 10.4. The van der Waals surface area contributed by atoms with Crippen molar-refractivity contribution in [1.29, 1.82) is 0 Å². The largest absolute Gasteiger partial charge is 0.383 e. The van der Waals surface area contributed by atoms with E-state index >= 15 is 0 Å². The van der Waals surface area contributed by atoms with Crippen molar-refractivity contribution in [2.24, 2.45) is 0 Å². The van der Waals surface area contributed by atoms with Crippen molar-refractivity contribution in [2.45, 2.75) is 13.0 Å². The van der Waals surface area contributed by atoms with E-state index in [9.17, 15) is 4.79 Å². The first-order chi connectivity index (χ1) is 8.22. The van der Waals surface area contributed by atoms with E-state index in [-0.39, 0.29) is 5.91 Å². The Hall–Kier alpha value is -0.620. The summed E-state index contributed by atoms with van der Waals surface area (Å²) in [6.45, 7) is 2.53. The number of carbonyl (C=O) groups excluding carboxylic acids is 1. The van der Waals surface area contributed by atoms with E-state index in [0.29, 0.717) is 26.1 Å². The van der Waals surface area contributed by atoms with Crippen LogP contribution in [-0.2, 0) is 16.1 Å². The highest BCUT2D eigenvalue weighted by Gasteiger charge is 2.01. The highest BCUT2D eigenvalue weighted by molar-refractivity contribution is 7.16. The summed E-state index contributed by atoms with van der Waals surface area (Å²) in [4.78, 5) is 12.5. The molecule has 1 amide bonds. The number of nitrogens with one attached hydrogen (secondary N) is 2. The van der Waals surface area contributed by atoms with Crippen molar-refractivity contribution in [3.63, 3.8) is 0 Å². The lowest BCUT2D eigenvalue weighted by Gasteiger charge is -2.05. The lowest BCUT2D eigenvalue weighted by Crippen LogP contribution is -2.29. The third kappa shape index (κ3) is 6.63. The van der Waals surface area contributed by atoms with Crippen LogP contribution in [0.1, 0.15) is 11.3 Å². The molecule has 6 heteroatoms. The molecule has 0 radical (unpaired) electrons. The van der Waals surface area contributed by atoms with Crippen molar-refractivity contribution in [3.8, 4) is 0 Å². The molecule has 17 heavy (non-hydrogen) atoms. The van der Waals surface area contributed by atoms with Crippen LogP contribution in [-0.4, -0.2) is 32.7 Å². The molecule has 1 rings (SSSR count). The van der Waals surface area contributed by atoms with E-state index in [0.717, 1.165) is 10.9 Å². The molecule has 0 bridgehead atoms. The molecule has 0 fully saturated rings. The van der Waals surface area contributed by atoms with Crippen molar-refractivity contribution >= 4 is 28.8 Å². The number of amides is 1. The molecule has 0 saturated carbocycles. The third-order valence-corrected chi connectivity index (χ3v) is 3.32. The number of hydrogen-bond donors (Lipinski definition) is 2. The van der Waals surface area contributed by atoms with Crippen LogP contribution >= 0.6 is 22.9 Å². The first-order valence-corrected chi connectivity index (χ1v) is 6.62. The van der Waals surface area contributed by atoms with Crippen LogP contribution < -0.4 is 10.6 Å². The quantitative estimate of drug-likeness (QED) is 0.710. The van der Waals surface area contributed by atoms with Gasteiger partial charge in [0.05, 0.1) is 10.9 Å². The Bertz CT molecular complexity index is 344. The molecular formula is C11H17ClN2O2S. The molecule has 0 aliphatic rings. The molecule has 0 aromatic carbocycles. The van der Waals surface area contributed by atoms with Gasteiger partial charge < -0.3 is 15.4 Å². The topological polar surface area (TPSA) is 50.4 Å². The second-order valence-electron chi connectivity index (χ2n) is 3.48. The minimum absolute atomic E-state index is 0.0405. The summed E-state index contributed by atoms with van der Waals surface area (Å²) < 4.78 is 5.63. The number of halogens is 1. The summed E-state index contributed by atoms with van der Waals surface area (Å²) in [6.07, 6.45) is 0.475. The fourth-order valence-electron chi connectivity index (χ4n) is 1.24. The smallest absolute Gasteiger partial charge is 0.221 e. The molecule has 1 heterocycles. The van der Waals surface area contributed by atoms with E-state index in [1.807, 2.05) is 12.1 Å². The Morgan fingerprint density at radius 2 is 2.29 bits per heavy atom. The summed E-state index contributed by atoms with van der Waals surface area (Å²) in [7, 11) is 1.61. The fraction of sp³-hybridized carbons (Fsp3) is 0.545. The molecule has 1 aromatic rings. The molecule has 0 spiro atoms. The van der Waals surface area contributed by atoms with Gasteiger partial charge in [0.25, 0.3) is 0 Å². The maximum atomic E-state index is 11.3. The van der Waals surface area contributed by atoms with Crippen LogP contribution in [0, 0.1) is 0 Å². The van der Waals surface area contributed by atoms with Crippen LogP contribution in [0.5, 0.6) is 0 Å². The van der Waals surface area contributed by atoms with Gasteiger partial charge in [-0.05, 0) is 12.1 Å². The Balaban J connectivity index is 2.02. The molecule has 0 atom stereocenters. The first kappa shape index (κ1) is 14.4. The summed E-state index contributed by atoms with van der Waals surface area (Å²) in [5, 5.41) is 5.96. The van der Waals surface area contributed by atoms with Crippen LogP contribution in [0.4, 0.5) is 0 Å². The summed E-state index contributed by atoms with van der Waals surface area (Å²) in [5.74, 6) is 0.0405. The molecule has 1 aromatic heterocycles. The van der Waals surface area contributed by atoms with Crippen molar-refractivity contribution in [2.75, 3.05) is 26.8 Å². The van der Waals surface area contributed by atoms with Gasteiger partial charge in [-0.2, -0.15) is 0 Å². The van der Waals surface area contributed by atoms with Crippen molar-refractivity contribution in [1.82, 2.24) is 10.6 Å². The number of methoxy groups -OCH3 is 1. The van der Waals surface area contributed by atoms with E-state index in [1.54, 1.807) is 18.4 Å². The SMILES string of the molecule is COCCNC(=O)CCNCc1ccc(Cl)s1. The maximum absolute atomic E-state index is 11.3.